The van der Waals surface area contributed by atoms with Gasteiger partial charge in [-0.3, -0.25) is 9.79 Å². The fraction of sp³-hybridized carbons (Fsp3) is 0.158. The second-order valence-corrected chi connectivity index (χ2v) is 6.00. The maximum atomic E-state index is 12.0. The summed E-state index contributed by atoms with van der Waals surface area (Å²) in [6.07, 6.45) is 6.00. The summed E-state index contributed by atoms with van der Waals surface area (Å²) in [4.78, 5) is 18.9. The van der Waals surface area contributed by atoms with Gasteiger partial charge in [-0.25, -0.2) is 0 Å². The lowest BCUT2D eigenvalue weighted by Crippen LogP contribution is -2.28. The van der Waals surface area contributed by atoms with Crippen LogP contribution in [0.25, 0.3) is 0 Å². The predicted octanol–water partition coefficient (Wildman–Crippen LogP) is 4.00. The summed E-state index contributed by atoms with van der Waals surface area (Å²) in [6, 6.07) is 16.4. The normalized spacial score (nSPS) is 21.2. The second kappa shape index (κ2) is 5.70. The monoisotopic (exact) mass is 320 g/mol. The van der Waals surface area contributed by atoms with Crippen LogP contribution >= 0.6 is 12.6 Å². The Bertz CT molecular complexity index is 813. The van der Waals surface area contributed by atoms with Crippen LogP contribution in [0.4, 0.5) is 11.4 Å². The molecule has 0 fully saturated rings. The number of hydrogen-bond donors (Lipinski definition) is 1. The molecule has 3 nitrogen and oxygen atoms in total. The second-order valence-electron chi connectivity index (χ2n) is 5.68. The number of thiol groups is 1. The molecule has 2 aliphatic rings. The van der Waals surface area contributed by atoms with E-state index >= 15 is 0 Å². The van der Waals surface area contributed by atoms with E-state index in [9.17, 15) is 4.79 Å². The lowest BCUT2D eigenvalue weighted by atomic mass is 9.99. The van der Waals surface area contributed by atoms with Crippen molar-refractivity contribution in [1.29, 1.82) is 0 Å². The highest BCUT2D eigenvalue weighted by Crippen LogP contribution is 2.47. The average molecular weight is 320 g/mol. The molecule has 114 valence electrons. The van der Waals surface area contributed by atoms with E-state index < -0.39 is 0 Å². The van der Waals surface area contributed by atoms with Crippen molar-refractivity contribution in [2.75, 3.05) is 10.7 Å². The van der Waals surface area contributed by atoms with E-state index in [4.69, 9.17) is 0 Å². The number of allylic oxidation sites excluding steroid dienone is 1. The highest BCUT2D eigenvalue weighted by atomic mass is 32.1. The summed E-state index contributed by atoms with van der Waals surface area (Å²) in [5, 5.41) is 0. The third-order valence-corrected chi connectivity index (χ3v) is 4.66. The van der Waals surface area contributed by atoms with Crippen molar-refractivity contribution in [2.24, 2.45) is 4.99 Å². The molecule has 4 heteroatoms. The number of aliphatic imine (C=N–C) groups is 1. The van der Waals surface area contributed by atoms with E-state index in [1.165, 1.54) is 0 Å². The number of nitrogens with zero attached hydrogens (tertiary/aromatic N) is 2. The maximum absolute atomic E-state index is 12.0. The standard InChI is InChI=1S/C19H16N2OS/c22-18(12-23)13-8-9-16-15(11-13)19-17(7-4-10-20-19)21(16)14-5-2-1-3-6-14/h1-11,17,19,23H,12H2. The summed E-state index contributed by atoms with van der Waals surface area (Å²) in [6.45, 7) is 0. The quantitative estimate of drug-likeness (QED) is 0.685. The van der Waals surface area contributed by atoms with E-state index in [0.717, 1.165) is 16.9 Å². The Morgan fingerprint density at radius 3 is 2.78 bits per heavy atom. The van der Waals surface area contributed by atoms with Gasteiger partial charge >= 0.3 is 0 Å². The van der Waals surface area contributed by atoms with Crippen LogP contribution in [0.2, 0.25) is 0 Å². The van der Waals surface area contributed by atoms with Gasteiger partial charge in [0.1, 0.15) is 6.04 Å². The molecular formula is C19H16N2OS. The first-order valence-electron chi connectivity index (χ1n) is 7.62. The molecule has 0 amide bonds. The van der Waals surface area contributed by atoms with E-state index in [1.807, 2.05) is 48.7 Å². The lowest BCUT2D eigenvalue weighted by Gasteiger charge is -2.28. The SMILES string of the molecule is O=C(CS)c1ccc2c(c1)C1N=CC=CC1N2c1ccccc1. The number of carbonyl (C=O) groups excluding carboxylic acids is 1. The molecule has 2 aliphatic heterocycles. The molecule has 23 heavy (non-hydrogen) atoms. The Labute approximate surface area is 140 Å². The topological polar surface area (TPSA) is 32.7 Å². The van der Waals surface area contributed by atoms with Gasteiger partial charge in [-0.2, -0.15) is 12.6 Å². The van der Waals surface area contributed by atoms with Gasteiger partial charge in [-0.15, -0.1) is 0 Å². The highest BCUT2D eigenvalue weighted by molar-refractivity contribution is 7.81. The number of dihydropyridines is 1. The van der Waals surface area contributed by atoms with Crippen LogP contribution < -0.4 is 4.90 Å². The molecule has 0 saturated carbocycles. The zero-order chi connectivity index (χ0) is 15.8. The Morgan fingerprint density at radius 1 is 1.17 bits per heavy atom. The molecule has 0 aromatic heterocycles. The third-order valence-electron chi connectivity index (χ3n) is 4.37. The first-order chi connectivity index (χ1) is 11.3. The molecule has 0 saturated heterocycles. The molecule has 2 unspecified atom stereocenters. The molecular weight excluding hydrogens is 304 g/mol. The van der Waals surface area contributed by atoms with Crippen molar-refractivity contribution in [1.82, 2.24) is 0 Å². The first-order valence-corrected chi connectivity index (χ1v) is 8.25. The Kier molecular flexibility index (Phi) is 3.54. The largest absolute Gasteiger partial charge is 0.332 e. The minimum absolute atomic E-state index is 0.0304. The first kappa shape index (κ1) is 14.3. The van der Waals surface area contributed by atoms with Gasteiger partial charge in [0, 0.05) is 28.7 Å². The molecule has 0 bridgehead atoms. The number of carbonyl (C=O) groups is 1. The lowest BCUT2D eigenvalue weighted by molar-refractivity contribution is 0.102. The fourth-order valence-electron chi connectivity index (χ4n) is 3.33. The number of hydrogen-bond acceptors (Lipinski definition) is 4. The summed E-state index contributed by atoms with van der Waals surface area (Å²) in [7, 11) is 0. The van der Waals surface area contributed by atoms with Gasteiger partial charge in [0.05, 0.1) is 11.8 Å². The van der Waals surface area contributed by atoms with Gasteiger partial charge in [0.2, 0.25) is 0 Å². The summed E-state index contributed by atoms with van der Waals surface area (Å²) in [5.74, 6) is 0.263. The molecule has 2 aromatic carbocycles. The molecule has 0 aliphatic carbocycles. The predicted molar refractivity (Wildman–Crippen MR) is 97.4 cm³/mol. The maximum Gasteiger partial charge on any atom is 0.172 e. The van der Waals surface area contributed by atoms with E-state index in [1.54, 1.807) is 0 Å². The van der Waals surface area contributed by atoms with E-state index in [0.29, 0.717) is 5.56 Å². The van der Waals surface area contributed by atoms with E-state index in [2.05, 4.69) is 40.7 Å². The Morgan fingerprint density at radius 2 is 2.00 bits per heavy atom. The van der Waals surface area contributed by atoms with Crippen LogP contribution in [0, 0.1) is 0 Å². The number of ketones is 1. The van der Waals surface area contributed by atoms with Crippen molar-refractivity contribution in [3.05, 3.63) is 71.8 Å². The Balaban J connectivity index is 1.86. The Hall–Kier alpha value is -2.33. The number of para-hydroxylation sites is 1. The third kappa shape index (κ3) is 2.30. The van der Waals surface area contributed by atoms with Crippen molar-refractivity contribution in [3.8, 4) is 0 Å². The van der Waals surface area contributed by atoms with Crippen molar-refractivity contribution >= 4 is 36.0 Å². The van der Waals surface area contributed by atoms with Crippen molar-refractivity contribution in [3.63, 3.8) is 0 Å². The number of fused-ring (bicyclic) bond motifs is 3. The molecule has 2 atom stereocenters. The van der Waals surface area contributed by atoms with Crippen LogP contribution in [0.5, 0.6) is 0 Å². The molecule has 0 radical (unpaired) electrons. The van der Waals surface area contributed by atoms with Gasteiger partial charge in [0.25, 0.3) is 0 Å². The minimum atomic E-state index is 0.0304. The van der Waals surface area contributed by atoms with Crippen LogP contribution in [0.15, 0.2) is 65.7 Å². The highest BCUT2D eigenvalue weighted by Gasteiger charge is 2.38. The molecule has 4 rings (SSSR count). The van der Waals surface area contributed by atoms with Crippen LogP contribution in [0.1, 0.15) is 22.0 Å². The molecule has 2 heterocycles. The zero-order valence-electron chi connectivity index (χ0n) is 12.5. The van der Waals surface area contributed by atoms with Crippen LogP contribution in [-0.2, 0) is 0 Å². The molecule has 2 aromatic rings. The van der Waals surface area contributed by atoms with E-state index in [-0.39, 0.29) is 23.6 Å². The van der Waals surface area contributed by atoms with Gasteiger partial charge in [-0.05, 0) is 36.4 Å². The number of rotatable bonds is 3. The van der Waals surface area contributed by atoms with Gasteiger partial charge in [0.15, 0.2) is 5.78 Å². The fourth-order valence-corrected chi connectivity index (χ4v) is 3.51. The number of Topliss-reactive ketones (excluding diaryl/α,β-unsaturated/α-hetero) is 1. The minimum Gasteiger partial charge on any atom is -0.332 e. The molecule has 0 spiro atoms. The van der Waals surface area contributed by atoms with Gasteiger partial charge in [-0.1, -0.05) is 24.3 Å². The summed E-state index contributed by atoms with van der Waals surface area (Å²) < 4.78 is 0. The van der Waals surface area contributed by atoms with Crippen LogP contribution in [0.3, 0.4) is 0 Å². The zero-order valence-corrected chi connectivity index (χ0v) is 13.4. The average Bonchev–Trinajstić information content (AvgIpc) is 2.95. The van der Waals surface area contributed by atoms with Crippen molar-refractivity contribution in [2.45, 2.75) is 12.1 Å². The smallest absolute Gasteiger partial charge is 0.172 e. The van der Waals surface area contributed by atoms with Crippen LogP contribution in [-0.4, -0.2) is 23.8 Å². The van der Waals surface area contributed by atoms with Crippen molar-refractivity contribution < 1.29 is 4.79 Å². The number of anilines is 2. The number of benzene rings is 2. The summed E-state index contributed by atoms with van der Waals surface area (Å²) in [5.41, 5.74) is 4.06. The van der Waals surface area contributed by atoms with Gasteiger partial charge < -0.3 is 4.90 Å². The summed E-state index contributed by atoms with van der Waals surface area (Å²) >= 11 is 4.10. The molecule has 0 N–H and O–H groups in total.